The van der Waals surface area contributed by atoms with Crippen LogP contribution in [0.2, 0.25) is 0 Å². The molecule has 0 aliphatic heterocycles. The number of halogens is 1. The minimum atomic E-state index is 0.0517. The molecule has 0 saturated heterocycles. The van der Waals surface area contributed by atoms with Gasteiger partial charge in [-0.05, 0) is 111 Å². The second kappa shape index (κ2) is 13.6. The molecule has 0 aromatic heterocycles. The van der Waals surface area contributed by atoms with E-state index in [0.717, 1.165) is 53.4 Å². The van der Waals surface area contributed by atoms with Crippen molar-refractivity contribution < 1.29 is 4.39 Å². The van der Waals surface area contributed by atoms with Crippen molar-refractivity contribution in [1.82, 2.24) is 0 Å². The summed E-state index contributed by atoms with van der Waals surface area (Å²) >= 11 is 0. The molecule has 0 N–H and O–H groups in total. The lowest BCUT2D eigenvalue weighted by Gasteiger charge is -2.32. The summed E-state index contributed by atoms with van der Waals surface area (Å²) in [6.45, 7) is 4.50. The topological polar surface area (TPSA) is 0 Å². The Labute approximate surface area is 214 Å². The van der Waals surface area contributed by atoms with E-state index in [1.807, 2.05) is 6.07 Å². The van der Waals surface area contributed by atoms with E-state index in [1.165, 1.54) is 89.0 Å². The monoisotopic (exact) mass is 476 g/mol. The van der Waals surface area contributed by atoms with Gasteiger partial charge >= 0.3 is 0 Å². The van der Waals surface area contributed by atoms with E-state index in [9.17, 15) is 0 Å². The minimum Gasteiger partial charge on any atom is -0.206 e. The fourth-order valence-electron chi connectivity index (χ4n) is 6.77. The van der Waals surface area contributed by atoms with Gasteiger partial charge in [0, 0.05) is 5.39 Å². The Balaban J connectivity index is 1.23. The van der Waals surface area contributed by atoms with Crippen molar-refractivity contribution in [2.75, 3.05) is 0 Å². The minimum absolute atomic E-state index is 0.0517. The van der Waals surface area contributed by atoms with Crippen LogP contribution in [0.1, 0.15) is 127 Å². The standard InChI is InChI=1S/C34H49F/c1-3-5-7-9-26-11-13-27(14-12-26)15-16-28-17-20-30(21-18-28)32-24-22-31-25-29(10-8-6-4-2)19-23-33(31)34(32)35/h7,9,19,22-28,30H,3-6,8,10-18,20-21H2,1-2H3/b9-7+. The van der Waals surface area contributed by atoms with Crippen LogP contribution >= 0.6 is 0 Å². The molecule has 0 radical (unpaired) electrons. The number of fused-ring (bicyclic) bond motifs is 1. The zero-order valence-corrected chi connectivity index (χ0v) is 22.5. The molecule has 0 nitrogen and oxygen atoms in total. The molecule has 1 heteroatoms. The van der Waals surface area contributed by atoms with Gasteiger partial charge in [-0.1, -0.05) is 88.4 Å². The quantitative estimate of drug-likeness (QED) is 0.223. The van der Waals surface area contributed by atoms with Crippen LogP contribution in [0.15, 0.2) is 42.5 Å². The van der Waals surface area contributed by atoms with Gasteiger partial charge in [-0.3, -0.25) is 0 Å². The molecule has 2 aliphatic carbocycles. The van der Waals surface area contributed by atoms with Crippen LogP contribution in [0.3, 0.4) is 0 Å². The van der Waals surface area contributed by atoms with Gasteiger partial charge in [-0.15, -0.1) is 0 Å². The van der Waals surface area contributed by atoms with E-state index in [2.05, 4.69) is 50.3 Å². The summed E-state index contributed by atoms with van der Waals surface area (Å²) in [6, 6.07) is 10.7. The molecule has 2 saturated carbocycles. The molecule has 0 atom stereocenters. The van der Waals surface area contributed by atoms with E-state index in [-0.39, 0.29) is 5.82 Å². The summed E-state index contributed by atoms with van der Waals surface area (Å²) in [6.07, 6.45) is 25.6. The normalized spacial score (nSPS) is 25.5. The molecule has 0 spiro atoms. The lowest BCUT2D eigenvalue weighted by atomic mass is 9.74. The summed E-state index contributed by atoms with van der Waals surface area (Å²) < 4.78 is 15.5. The van der Waals surface area contributed by atoms with Crippen molar-refractivity contribution in [3.05, 3.63) is 59.4 Å². The van der Waals surface area contributed by atoms with Gasteiger partial charge in [0.2, 0.25) is 0 Å². The predicted molar refractivity (Wildman–Crippen MR) is 151 cm³/mol. The maximum Gasteiger partial charge on any atom is 0.134 e. The average Bonchev–Trinajstić information content (AvgIpc) is 2.89. The van der Waals surface area contributed by atoms with Crippen LogP contribution in [0.25, 0.3) is 10.8 Å². The van der Waals surface area contributed by atoms with Crippen molar-refractivity contribution >= 4 is 10.8 Å². The maximum atomic E-state index is 15.5. The molecular weight excluding hydrogens is 427 g/mol. The van der Waals surface area contributed by atoms with Gasteiger partial charge < -0.3 is 0 Å². The fraction of sp³-hybridized carbons (Fsp3) is 0.647. The summed E-state index contributed by atoms with van der Waals surface area (Å²) in [7, 11) is 0. The van der Waals surface area contributed by atoms with E-state index < -0.39 is 0 Å². The number of unbranched alkanes of at least 4 members (excludes halogenated alkanes) is 3. The van der Waals surface area contributed by atoms with Gasteiger partial charge in [0.15, 0.2) is 0 Å². The van der Waals surface area contributed by atoms with Gasteiger partial charge in [-0.25, -0.2) is 4.39 Å². The van der Waals surface area contributed by atoms with Crippen LogP contribution < -0.4 is 0 Å². The molecule has 192 valence electrons. The zero-order chi connectivity index (χ0) is 24.5. The van der Waals surface area contributed by atoms with E-state index in [1.54, 1.807) is 0 Å². The first-order valence-electron chi connectivity index (χ1n) is 15.1. The third-order valence-corrected chi connectivity index (χ3v) is 9.14. The Hall–Kier alpha value is -1.63. The Morgan fingerprint density at radius 1 is 0.800 bits per heavy atom. The molecule has 0 amide bonds. The Morgan fingerprint density at radius 2 is 1.51 bits per heavy atom. The highest BCUT2D eigenvalue weighted by Gasteiger charge is 2.26. The number of rotatable bonds is 11. The molecule has 4 rings (SSSR count). The van der Waals surface area contributed by atoms with E-state index in [4.69, 9.17) is 0 Å². The fourth-order valence-corrected chi connectivity index (χ4v) is 6.77. The second-order valence-corrected chi connectivity index (χ2v) is 11.8. The first-order valence-corrected chi connectivity index (χ1v) is 15.1. The summed E-state index contributed by atoms with van der Waals surface area (Å²) in [5, 5.41) is 1.90. The molecule has 2 fully saturated rings. The Morgan fingerprint density at radius 3 is 2.20 bits per heavy atom. The first-order chi connectivity index (χ1) is 17.2. The van der Waals surface area contributed by atoms with Crippen LogP contribution in [0.4, 0.5) is 4.39 Å². The molecular formula is C34H49F. The van der Waals surface area contributed by atoms with Gasteiger partial charge in [0.05, 0.1) is 0 Å². The lowest BCUT2D eigenvalue weighted by Crippen LogP contribution is -2.17. The van der Waals surface area contributed by atoms with Gasteiger partial charge in [0.1, 0.15) is 5.82 Å². The third kappa shape index (κ3) is 7.43. The van der Waals surface area contributed by atoms with Crippen LogP contribution in [-0.4, -0.2) is 0 Å². The lowest BCUT2D eigenvalue weighted by molar-refractivity contribution is 0.245. The number of aryl methyl sites for hydroxylation is 1. The van der Waals surface area contributed by atoms with Crippen molar-refractivity contribution in [3.63, 3.8) is 0 Å². The van der Waals surface area contributed by atoms with Crippen molar-refractivity contribution in [2.45, 2.75) is 122 Å². The van der Waals surface area contributed by atoms with Crippen LogP contribution in [-0.2, 0) is 6.42 Å². The highest BCUT2D eigenvalue weighted by molar-refractivity contribution is 5.84. The number of hydrogen-bond donors (Lipinski definition) is 0. The molecule has 0 unspecified atom stereocenters. The van der Waals surface area contributed by atoms with Gasteiger partial charge in [-0.2, -0.15) is 0 Å². The van der Waals surface area contributed by atoms with Crippen LogP contribution in [0, 0.1) is 23.6 Å². The SMILES string of the molecule is CCC/C=C/C1CCC(CCC2CCC(c3ccc4cc(CCCCC)ccc4c3F)CC2)CC1. The number of benzene rings is 2. The molecule has 0 heterocycles. The third-order valence-electron chi connectivity index (χ3n) is 9.14. The highest BCUT2D eigenvalue weighted by atomic mass is 19.1. The number of allylic oxidation sites excluding steroid dienone is 2. The molecule has 35 heavy (non-hydrogen) atoms. The Bertz CT molecular complexity index is 925. The molecule has 2 aromatic rings. The van der Waals surface area contributed by atoms with E-state index in [0.29, 0.717) is 5.92 Å². The summed E-state index contributed by atoms with van der Waals surface area (Å²) in [5.74, 6) is 3.12. The van der Waals surface area contributed by atoms with Crippen LogP contribution in [0.5, 0.6) is 0 Å². The first kappa shape index (κ1) is 26.4. The summed E-state index contributed by atoms with van der Waals surface area (Å²) in [5.41, 5.74) is 2.32. The average molecular weight is 477 g/mol. The van der Waals surface area contributed by atoms with Gasteiger partial charge in [0.25, 0.3) is 0 Å². The van der Waals surface area contributed by atoms with Crippen molar-refractivity contribution in [3.8, 4) is 0 Å². The largest absolute Gasteiger partial charge is 0.206 e. The maximum absolute atomic E-state index is 15.5. The molecule has 0 bridgehead atoms. The highest BCUT2D eigenvalue weighted by Crippen LogP contribution is 2.41. The Kier molecular flexibility index (Phi) is 10.3. The zero-order valence-electron chi connectivity index (χ0n) is 22.5. The molecule has 2 aromatic carbocycles. The van der Waals surface area contributed by atoms with Crippen molar-refractivity contribution in [2.24, 2.45) is 17.8 Å². The smallest absolute Gasteiger partial charge is 0.134 e. The van der Waals surface area contributed by atoms with Crippen molar-refractivity contribution in [1.29, 1.82) is 0 Å². The summed E-state index contributed by atoms with van der Waals surface area (Å²) in [4.78, 5) is 0. The van der Waals surface area contributed by atoms with E-state index >= 15 is 4.39 Å². The number of hydrogen-bond acceptors (Lipinski definition) is 0. The second-order valence-electron chi connectivity index (χ2n) is 11.8. The molecule has 2 aliphatic rings. The predicted octanol–water partition coefficient (Wildman–Crippen LogP) is 10.9.